The maximum Gasteiger partial charge on any atom is 0.224 e. The van der Waals surface area contributed by atoms with Gasteiger partial charge in [0.2, 0.25) is 5.91 Å². The van der Waals surface area contributed by atoms with Gasteiger partial charge in [-0.05, 0) is 24.3 Å². The molecule has 6 rings (SSSR count). The summed E-state index contributed by atoms with van der Waals surface area (Å²) in [4.78, 5) is 33.6. The molecule has 6 heterocycles. The van der Waals surface area contributed by atoms with Crippen molar-refractivity contribution in [3.63, 3.8) is 0 Å². The molecule has 3 N–H and O–H groups in total. The van der Waals surface area contributed by atoms with Crippen molar-refractivity contribution in [2.24, 2.45) is 0 Å². The van der Waals surface area contributed by atoms with E-state index in [1.165, 1.54) is 6.07 Å². The van der Waals surface area contributed by atoms with Crippen LogP contribution < -0.4 is 5.32 Å². The number of hydrogen-bond donors (Lipinski definition) is 3. The van der Waals surface area contributed by atoms with Crippen LogP contribution in [0, 0.1) is 5.13 Å². The van der Waals surface area contributed by atoms with Gasteiger partial charge in [0.25, 0.3) is 0 Å². The minimum atomic E-state index is -0.265. The van der Waals surface area contributed by atoms with Crippen LogP contribution in [0.3, 0.4) is 0 Å². The molecular formula is C24H17FN8OS. The number of halogens is 1. The van der Waals surface area contributed by atoms with Crippen molar-refractivity contribution in [3.8, 4) is 33.1 Å². The lowest BCUT2D eigenvalue weighted by molar-refractivity contribution is -0.115. The maximum atomic E-state index is 13.6. The summed E-state index contributed by atoms with van der Waals surface area (Å²) in [6.07, 6.45) is 8.77. The SMILES string of the molecule is CCC(=O)Nc1cncc(-c2cnc3n[nH]c(-c4nc5c(-c6ccc(F)s6)cncc5[nH]4)c3c2)c1. The Balaban J connectivity index is 1.43. The van der Waals surface area contributed by atoms with E-state index in [9.17, 15) is 9.18 Å². The predicted octanol–water partition coefficient (Wildman–Crippen LogP) is 5.17. The lowest BCUT2D eigenvalue weighted by Gasteiger charge is -2.06. The van der Waals surface area contributed by atoms with Crippen molar-refractivity contribution >= 4 is 45.0 Å². The van der Waals surface area contributed by atoms with Gasteiger partial charge >= 0.3 is 0 Å². The number of aromatic amines is 2. The molecule has 0 aliphatic rings. The van der Waals surface area contributed by atoms with Crippen LogP contribution in [-0.4, -0.2) is 41.0 Å². The van der Waals surface area contributed by atoms with Gasteiger partial charge in [0.05, 0.1) is 29.0 Å². The summed E-state index contributed by atoms with van der Waals surface area (Å²) < 4.78 is 13.6. The van der Waals surface area contributed by atoms with E-state index in [0.717, 1.165) is 43.8 Å². The van der Waals surface area contributed by atoms with E-state index in [1.54, 1.807) is 44.0 Å². The molecule has 0 unspecified atom stereocenters. The number of carbonyl (C=O) groups excluding carboxylic acids is 1. The third kappa shape index (κ3) is 3.81. The van der Waals surface area contributed by atoms with E-state index in [-0.39, 0.29) is 11.0 Å². The molecule has 0 atom stereocenters. The van der Waals surface area contributed by atoms with Gasteiger partial charge < -0.3 is 10.3 Å². The average molecular weight is 485 g/mol. The number of anilines is 1. The maximum absolute atomic E-state index is 13.6. The molecule has 9 nitrogen and oxygen atoms in total. The number of H-pyrrole nitrogens is 2. The summed E-state index contributed by atoms with van der Waals surface area (Å²) >= 11 is 1.05. The molecule has 0 radical (unpaired) electrons. The number of aromatic nitrogens is 7. The first-order valence-corrected chi connectivity index (χ1v) is 11.6. The Morgan fingerprint density at radius 3 is 2.77 bits per heavy atom. The third-order valence-electron chi connectivity index (χ3n) is 5.56. The Morgan fingerprint density at radius 1 is 1.09 bits per heavy atom. The molecule has 0 aromatic carbocycles. The van der Waals surface area contributed by atoms with Gasteiger partial charge in [-0.2, -0.15) is 9.49 Å². The van der Waals surface area contributed by atoms with Crippen LogP contribution in [0.2, 0.25) is 0 Å². The summed E-state index contributed by atoms with van der Waals surface area (Å²) in [6, 6.07) is 6.95. The minimum absolute atomic E-state index is 0.0846. The van der Waals surface area contributed by atoms with Crippen molar-refractivity contribution < 1.29 is 9.18 Å². The zero-order valence-electron chi connectivity index (χ0n) is 18.3. The number of rotatable bonds is 5. The summed E-state index contributed by atoms with van der Waals surface area (Å²) in [5.41, 5.74) is 5.59. The molecule has 0 spiro atoms. The monoisotopic (exact) mass is 484 g/mol. The topological polar surface area (TPSA) is 125 Å². The van der Waals surface area contributed by atoms with E-state index in [4.69, 9.17) is 4.98 Å². The predicted molar refractivity (Wildman–Crippen MR) is 132 cm³/mol. The van der Waals surface area contributed by atoms with Crippen molar-refractivity contribution in [1.29, 1.82) is 0 Å². The molecule has 11 heteroatoms. The summed E-state index contributed by atoms with van der Waals surface area (Å²) in [5.74, 6) is 0.480. The van der Waals surface area contributed by atoms with Crippen LogP contribution in [-0.2, 0) is 4.79 Å². The largest absolute Gasteiger partial charge is 0.335 e. The molecule has 172 valence electrons. The number of pyridine rings is 3. The van der Waals surface area contributed by atoms with Crippen molar-refractivity contribution in [2.45, 2.75) is 13.3 Å². The van der Waals surface area contributed by atoms with Crippen LogP contribution in [0.5, 0.6) is 0 Å². The fourth-order valence-electron chi connectivity index (χ4n) is 3.84. The second-order valence-corrected chi connectivity index (χ2v) is 8.86. The van der Waals surface area contributed by atoms with Gasteiger partial charge in [0, 0.05) is 46.6 Å². The normalized spacial score (nSPS) is 11.4. The number of amides is 1. The van der Waals surface area contributed by atoms with Gasteiger partial charge in [-0.1, -0.05) is 6.92 Å². The lowest BCUT2D eigenvalue weighted by Crippen LogP contribution is -2.09. The minimum Gasteiger partial charge on any atom is -0.335 e. The van der Waals surface area contributed by atoms with Gasteiger partial charge in [0.1, 0.15) is 11.2 Å². The first kappa shape index (κ1) is 21.1. The molecule has 0 saturated carbocycles. The Morgan fingerprint density at radius 2 is 1.94 bits per heavy atom. The molecule has 0 aliphatic heterocycles. The number of nitrogens with one attached hydrogen (secondary N) is 3. The summed E-state index contributed by atoms with van der Waals surface area (Å²) in [5, 5.41) is 10.7. The van der Waals surface area contributed by atoms with Crippen LogP contribution in [0.4, 0.5) is 10.1 Å². The molecular weight excluding hydrogens is 467 g/mol. The van der Waals surface area contributed by atoms with Crippen LogP contribution in [0.1, 0.15) is 13.3 Å². The van der Waals surface area contributed by atoms with Gasteiger partial charge in [0.15, 0.2) is 16.6 Å². The molecule has 6 aromatic heterocycles. The number of carbonyl (C=O) groups is 1. The summed E-state index contributed by atoms with van der Waals surface area (Å²) in [6.45, 7) is 1.79. The van der Waals surface area contributed by atoms with Crippen molar-refractivity contribution in [3.05, 3.63) is 60.4 Å². The standard InChI is InChI=1S/C24H17FN8OS/c1-2-20(34)29-14-5-12(7-26-9-14)13-6-15-22(32-33-23(15)28-8-13)24-30-17-11-27-10-16(21(17)31-24)18-3-4-19(25)35-18/h3-11H,2H2,1H3,(H,29,34)(H,30,31)(H,28,32,33). The Bertz CT molecular complexity index is 1720. The Hall–Kier alpha value is -4.51. The molecule has 35 heavy (non-hydrogen) atoms. The van der Waals surface area contributed by atoms with Crippen LogP contribution in [0.25, 0.3) is 55.2 Å². The Labute approximate surface area is 201 Å². The van der Waals surface area contributed by atoms with E-state index < -0.39 is 0 Å². The highest BCUT2D eigenvalue weighted by atomic mass is 32.1. The molecule has 0 saturated heterocycles. The number of thiophene rings is 1. The van der Waals surface area contributed by atoms with Crippen LogP contribution >= 0.6 is 11.3 Å². The van der Waals surface area contributed by atoms with Crippen molar-refractivity contribution in [1.82, 2.24) is 35.1 Å². The van der Waals surface area contributed by atoms with Gasteiger partial charge in [-0.3, -0.25) is 19.9 Å². The van der Waals surface area contributed by atoms with Crippen molar-refractivity contribution in [2.75, 3.05) is 5.32 Å². The number of fused-ring (bicyclic) bond motifs is 2. The number of imidazole rings is 1. The second kappa shape index (κ2) is 8.37. The Kier molecular flexibility index (Phi) is 5.03. The van der Waals surface area contributed by atoms with E-state index in [0.29, 0.717) is 34.8 Å². The summed E-state index contributed by atoms with van der Waals surface area (Å²) in [7, 11) is 0. The smallest absolute Gasteiger partial charge is 0.224 e. The average Bonchev–Trinajstić information content (AvgIpc) is 3.61. The molecule has 6 aromatic rings. The molecule has 0 aliphatic carbocycles. The lowest BCUT2D eigenvalue weighted by atomic mass is 10.1. The fourth-order valence-corrected chi connectivity index (χ4v) is 4.59. The zero-order valence-corrected chi connectivity index (χ0v) is 19.2. The molecule has 1 amide bonds. The second-order valence-electron chi connectivity index (χ2n) is 7.83. The first-order chi connectivity index (χ1) is 17.1. The zero-order chi connectivity index (χ0) is 23.9. The van der Waals surface area contributed by atoms with Gasteiger partial charge in [-0.25, -0.2) is 9.97 Å². The highest BCUT2D eigenvalue weighted by molar-refractivity contribution is 7.14. The first-order valence-electron chi connectivity index (χ1n) is 10.8. The molecule has 0 bridgehead atoms. The number of hydrogen-bond acceptors (Lipinski definition) is 7. The van der Waals surface area contributed by atoms with E-state index in [2.05, 4.69) is 35.5 Å². The van der Waals surface area contributed by atoms with E-state index >= 15 is 0 Å². The van der Waals surface area contributed by atoms with Gasteiger partial charge in [-0.15, -0.1) is 11.3 Å². The molecule has 0 fully saturated rings. The highest BCUT2D eigenvalue weighted by Crippen LogP contribution is 2.34. The van der Waals surface area contributed by atoms with E-state index in [1.807, 2.05) is 12.1 Å². The highest BCUT2D eigenvalue weighted by Gasteiger charge is 2.17. The number of nitrogens with zero attached hydrogens (tertiary/aromatic N) is 5. The third-order valence-corrected chi connectivity index (χ3v) is 6.46. The van der Waals surface area contributed by atoms with Crippen LogP contribution in [0.15, 0.2) is 55.2 Å². The quantitative estimate of drug-likeness (QED) is 0.310. The fraction of sp³-hybridized carbons (Fsp3) is 0.0833.